The highest BCUT2D eigenvalue weighted by atomic mass is 16.5. The topological polar surface area (TPSA) is 49.8 Å². The van der Waals surface area contributed by atoms with E-state index in [-0.39, 0.29) is 12.0 Å². The van der Waals surface area contributed by atoms with Gasteiger partial charge in [-0.3, -0.25) is 4.79 Å². The Kier molecular flexibility index (Phi) is 3.64. The van der Waals surface area contributed by atoms with Crippen LogP contribution in [-0.4, -0.2) is 42.2 Å². The molecule has 0 saturated carbocycles. The van der Waals surface area contributed by atoms with Gasteiger partial charge in [0.2, 0.25) is 5.91 Å². The van der Waals surface area contributed by atoms with Crippen molar-refractivity contribution in [2.45, 2.75) is 18.9 Å². The number of hydrogen-bond acceptors (Lipinski definition) is 3. The maximum atomic E-state index is 11.9. The number of carbonyl (C=O) groups is 1. The lowest BCUT2D eigenvalue weighted by Crippen LogP contribution is -2.30. The molecule has 0 bridgehead atoms. The van der Waals surface area contributed by atoms with Crippen LogP contribution in [0.1, 0.15) is 12.0 Å². The number of likely N-dealkylation sites (tertiary alicyclic amines) is 1. The highest BCUT2D eigenvalue weighted by Crippen LogP contribution is 2.15. The second-order valence-electron chi connectivity index (χ2n) is 4.31. The summed E-state index contributed by atoms with van der Waals surface area (Å²) >= 11 is 0. The molecule has 1 aliphatic rings. The molecular formula is C13H17NO3. The second-order valence-corrected chi connectivity index (χ2v) is 4.31. The molecule has 17 heavy (non-hydrogen) atoms. The van der Waals surface area contributed by atoms with E-state index < -0.39 is 0 Å². The smallest absolute Gasteiger partial charge is 0.227 e. The van der Waals surface area contributed by atoms with Crippen LogP contribution >= 0.6 is 0 Å². The molecule has 1 amide bonds. The van der Waals surface area contributed by atoms with Gasteiger partial charge in [0.25, 0.3) is 0 Å². The van der Waals surface area contributed by atoms with Crippen molar-refractivity contribution < 1.29 is 14.6 Å². The fraction of sp³-hybridized carbons (Fsp3) is 0.462. The molecule has 4 nitrogen and oxygen atoms in total. The molecule has 1 N–H and O–H groups in total. The van der Waals surface area contributed by atoms with Gasteiger partial charge in [0, 0.05) is 13.1 Å². The molecule has 1 heterocycles. The molecule has 4 heteroatoms. The van der Waals surface area contributed by atoms with Crippen molar-refractivity contribution in [2.24, 2.45) is 0 Å². The minimum Gasteiger partial charge on any atom is -0.497 e. The number of rotatable bonds is 3. The van der Waals surface area contributed by atoms with E-state index in [1.165, 1.54) is 0 Å². The predicted octanol–water partition coefficient (Wildman–Crippen LogP) is 0.831. The molecule has 1 atom stereocenters. The monoisotopic (exact) mass is 235 g/mol. The zero-order valence-corrected chi connectivity index (χ0v) is 9.93. The van der Waals surface area contributed by atoms with E-state index in [9.17, 15) is 9.90 Å². The van der Waals surface area contributed by atoms with Gasteiger partial charge in [-0.05, 0) is 24.1 Å². The average molecular weight is 235 g/mol. The minimum atomic E-state index is -0.357. The first-order valence-electron chi connectivity index (χ1n) is 5.78. The van der Waals surface area contributed by atoms with Gasteiger partial charge in [-0.1, -0.05) is 12.1 Å². The van der Waals surface area contributed by atoms with Gasteiger partial charge >= 0.3 is 0 Å². The lowest BCUT2D eigenvalue weighted by Gasteiger charge is -2.15. The van der Waals surface area contributed by atoms with Gasteiger partial charge in [-0.15, -0.1) is 0 Å². The number of aliphatic hydroxyl groups excluding tert-OH is 1. The van der Waals surface area contributed by atoms with Crippen molar-refractivity contribution in [3.8, 4) is 5.75 Å². The summed E-state index contributed by atoms with van der Waals surface area (Å²) in [5.41, 5.74) is 0.940. The van der Waals surface area contributed by atoms with E-state index in [0.29, 0.717) is 25.9 Å². The van der Waals surface area contributed by atoms with E-state index in [1.54, 1.807) is 12.0 Å². The van der Waals surface area contributed by atoms with Crippen LogP contribution in [0.4, 0.5) is 0 Å². The molecule has 0 radical (unpaired) electrons. The third-order valence-corrected chi connectivity index (χ3v) is 3.01. The van der Waals surface area contributed by atoms with Gasteiger partial charge in [-0.25, -0.2) is 0 Å². The SMILES string of the molecule is COc1cccc(CC(=O)N2CC[C@@H](O)C2)c1. The Morgan fingerprint density at radius 2 is 2.41 bits per heavy atom. The number of hydrogen-bond donors (Lipinski definition) is 1. The molecule has 0 aromatic heterocycles. The number of benzene rings is 1. The largest absolute Gasteiger partial charge is 0.497 e. The summed E-state index contributed by atoms with van der Waals surface area (Å²) in [6, 6.07) is 7.51. The van der Waals surface area contributed by atoms with Crippen molar-refractivity contribution in [3.63, 3.8) is 0 Å². The van der Waals surface area contributed by atoms with Crippen LogP contribution < -0.4 is 4.74 Å². The summed E-state index contributed by atoms with van der Waals surface area (Å²) in [5.74, 6) is 0.826. The second kappa shape index (κ2) is 5.19. The number of ether oxygens (including phenoxy) is 1. The van der Waals surface area contributed by atoms with E-state index in [2.05, 4.69) is 0 Å². The first kappa shape index (κ1) is 11.9. The van der Waals surface area contributed by atoms with Crippen LogP contribution in [0.25, 0.3) is 0 Å². The fourth-order valence-electron chi connectivity index (χ4n) is 2.04. The van der Waals surface area contributed by atoms with Crippen LogP contribution in [-0.2, 0) is 11.2 Å². The van der Waals surface area contributed by atoms with Crippen molar-refractivity contribution in [1.29, 1.82) is 0 Å². The third-order valence-electron chi connectivity index (χ3n) is 3.01. The molecule has 0 aliphatic carbocycles. The van der Waals surface area contributed by atoms with Crippen molar-refractivity contribution in [3.05, 3.63) is 29.8 Å². The number of carbonyl (C=O) groups excluding carboxylic acids is 1. The van der Waals surface area contributed by atoms with Crippen LogP contribution in [0.15, 0.2) is 24.3 Å². The van der Waals surface area contributed by atoms with Gasteiger partial charge < -0.3 is 14.7 Å². The lowest BCUT2D eigenvalue weighted by atomic mass is 10.1. The molecule has 1 aromatic carbocycles. The molecule has 1 aromatic rings. The van der Waals surface area contributed by atoms with E-state index >= 15 is 0 Å². The Balaban J connectivity index is 1.98. The average Bonchev–Trinajstić information content (AvgIpc) is 2.76. The number of β-amino-alcohol motifs (C(OH)–C–C–N with tert-alkyl or cyclic N) is 1. The van der Waals surface area contributed by atoms with Crippen LogP contribution in [0.5, 0.6) is 5.75 Å². The zero-order valence-electron chi connectivity index (χ0n) is 9.93. The first-order chi connectivity index (χ1) is 8.19. The molecule has 2 rings (SSSR count). The van der Waals surface area contributed by atoms with Crippen molar-refractivity contribution in [2.75, 3.05) is 20.2 Å². The Hall–Kier alpha value is -1.55. The standard InChI is InChI=1S/C13H17NO3/c1-17-12-4-2-3-10(7-12)8-13(16)14-6-5-11(15)9-14/h2-4,7,11,15H,5-6,8-9H2,1H3/t11-/m1/s1. The summed E-state index contributed by atoms with van der Waals surface area (Å²) in [6.45, 7) is 1.12. The lowest BCUT2D eigenvalue weighted by molar-refractivity contribution is -0.129. The molecule has 1 fully saturated rings. The van der Waals surface area contributed by atoms with Crippen LogP contribution in [0.2, 0.25) is 0 Å². The van der Waals surface area contributed by atoms with Crippen LogP contribution in [0.3, 0.4) is 0 Å². The molecule has 1 aliphatic heterocycles. The maximum Gasteiger partial charge on any atom is 0.227 e. The van der Waals surface area contributed by atoms with E-state index in [0.717, 1.165) is 11.3 Å². The van der Waals surface area contributed by atoms with E-state index in [1.807, 2.05) is 24.3 Å². The summed E-state index contributed by atoms with van der Waals surface area (Å²) < 4.78 is 5.11. The summed E-state index contributed by atoms with van der Waals surface area (Å²) in [6.07, 6.45) is 0.692. The molecule has 1 saturated heterocycles. The van der Waals surface area contributed by atoms with Crippen molar-refractivity contribution >= 4 is 5.91 Å². The third kappa shape index (κ3) is 2.97. The maximum absolute atomic E-state index is 11.9. The fourth-order valence-corrected chi connectivity index (χ4v) is 2.04. The highest BCUT2D eigenvalue weighted by molar-refractivity contribution is 5.79. The summed E-state index contributed by atoms with van der Waals surface area (Å²) in [5, 5.41) is 9.38. The number of amides is 1. The summed E-state index contributed by atoms with van der Waals surface area (Å²) in [7, 11) is 1.61. The normalized spacial score (nSPS) is 19.4. The summed E-state index contributed by atoms with van der Waals surface area (Å²) in [4.78, 5) is 13.6. The Labute approximate surface area is 101 Å². The van der Waals surface area contributed by atoms with Crippen LogP contribution in [0, 0.1) is 0 Å². The van der Waals surface area contributed by atoms with Gasteiger partial charge in [-0.2, -0.15) is 0 Å². The molecule has 92 valence electrons. The number of nitrogens with zero attached hydrogens (tertiary/aromatic N) is 1. The highest BCUT2D eigenvalue weighted by Gasteiger charge is 2.24. The Morgan fingerprint density at radius 3 is 3.06 bits per heavy atom. The van der Waals surface area contributed by atoms with Gasteiger partial charge in [0.1, 0.15) is 5.75 Å². The number of aliphatic hydroxyl groups is 1. The number of methoxy groups -OCH3 is 1. The van der Waals surface area contributed by atoms with E-state index in [4.69, 9.17) is 4.74 Å². The molecular weight excluding hydrogens is 218 g/mol. The Morgan fingerprint density at radius 1 is 1.59 bits per heavy atom. The Bertz CT molecular complexity index is 405. The van der Waals surface area contributed by atoms with Gasteiger partial charge in [0.05, 0.1) is 19.6 Å². The quantitative estimate of drug-likeness (QED) is 0.844. The zero-order chi connectivity index (χ0) is 12.3. The predicted molar refractivity (Wildman–Crippen MR) is 63.9 cm³/mol. The minimum absolute atomic E-state index is 0.0646. The van der Waals surface area contributed by atoms with Gasteiger partial charge in [0.15, 0.2) is 0 Å². The van der Waals surface area contributed by atoms with Crippen molar-refractivity contribution in [1.82, 2.24) is 4.90 Å². The first-order valence-corrected chi connectivity index (χ1v) is 5.78. The molecule has 0 spiro atoms. The molecule has 0 unspecified atom stereocenters.